The van der Waals surface area contributed by atoms with Crippen molar-refractivity contribution in [1.29, 1.82) is 0 Å². The molecule has 0 aromatic carbocycles. The molecule has 0 unspecified atom stereocenters. The number of rotatable bonds is 4. The van der Waals surface area contributed by atoms with E-state index >= 15 is 0 Å². The maximum atomic E-state index is 13.5. The predicted molar refractivity (Wildman–Crippen MR) is 99.6 cm³/mol. The van der Waals surface area contributed by atoms with E-state index in [9.17, 15) is 27.2 Å². The molecule has 2 amide bonds. The second-order valence-corrected chi connectivity index (χ2v) is 7.51. The molecule has 162 valence electrons. The number of aromatic nitrogens is 3. The molecular formula is C18H18ClF4N5O2. The normalized spacial score (nSPS) is 17.4. The third-order valence-electron chi connectivity index (χ3n) is 4.94. The molecule has 12 heteroatoms. The molecule has 2 atom stereocenters. The van der Waals surface area contributed by atoms with Crippen LogP contribution in [0.3, 0.4) is 0 Å². The van der Waals surface area contributed by atoms with Crippen molar-refractivity contribution in [3.8, 4) is 0 Å². The molecule has 0 spiro atoms. The molecule has 2 aromatic rings. The van der Waals surface area contributed by atoms with Crippen LogP contribution < -0.4 is 5.32 Å². The zero-order valence-corrected chi connectivity index (χ0v) is 16.8. The second-order valence-electron chi connectivity index (χ2n) is 7.13. The van der Waals surface area contributed by atoms with Crippen LogP contribution in [0, 0.1) is 11.9 Å². The Balaban J connectivity index is 1.79. The zero-order chi connectivity index (χ0) is 22.2. The molecular weight excluding hydrogens is 430 g/mol. The van der Waals surface area contributed by atoms with E-state index in [2.05, 4.69) is 15.4 Å². The molecule has 0 fully saturated rings. The van der Waals surface area contributed by atoms with E-state index < -0.39 is 36.3 Å². The van der Waals surface area contributed by atoms with E-state index in [-0.39, 0.29) is 35.4 Å². The first-order valence-corrected chi connectivity index (χ1v) is 9.39. The highest BCUT2D eigenvalue weighted by Gasteiger charge is 2.38. The topological polar surface area (TPSA) is 80.1 Å². The molecule has 0 radical (unpaired) electrons. The lowest BCUT2D eigenvalue weighted by Gasteiger charge is -2.34. The Bertz CT molecular complexity index is 978. The number of pyridine rings is 1. The van der Waals surface area contributed by atoms with E-state index in [1.807, 2.05) is 0 Å². The summed E-state index contributed by atoms with van der Waals surface area (Å²) in [7, 11) is 0. The van der Waals surface area contributed by atoms with Crippen molar-refractivity contribution in [3.63, 3.8) is 0 Å². The minimum Gasteiger partial charge on any atom is -0.314 e. The number of hydrogen-bond donors (Lipinski definition) is 1. The summed E-state index contributed by atoms with van der Waals surface area (Å²) >= 11 is 5.81. The first-order valence-electron chi connectivity index (χ1n) is 9.01. The van der Waals surface area contributed by atoms with Crippen molar-refractivity contribution in [2.24, 2.45) is 5.92 Å². The molecule has 0 bridgehead atoms. The van der Waals surface area contributed by atoms with Crippen molar-refractivity contribution in [2.45, 2.75) is 45.6 Å². The fraction of sp³-hybridized carbons (Fsp3) is 0.444. The Labute approximate surface area is 174 Å². The van der Waals surface area contributed by atoms with Crippen LogP contribution in [0.2, 0.25) is 5.02 Å². The maximum Gasteiger partial charge on any atom is 0.391 e. The van der Waals surface area contributed by atoms with Crippen LogP contribution in [0.15, 0.2) is 18.5 Å². The number of hydrogen-bond acceptors (Lipinski definition) is 4. The molecule has 2 aromatic heterocycles. The van der Waals surface area contributed by atoms with Gasteiger partial charge in [-0.2, -0.15) is 22.7 Å². The standard InChI is InChI=1S/C18H18ClF4N5O2/c1-9(18(21,22)23)5-14(29)11-6-25-28-7-10(2)27(8-13(11)28)17(30)26-12-3-4-24-16(20)15(12)19/h3-4,6,9-10H,5,7-8H2,1-2H3,(H,24,26,30)/t9-,10-/m0/s1. The predicted octanol–water partition coefficient (Wildman–Crippen LogP) is 4.28. The first-order chi connectivity index (χ1) is 14.0. The Morgan fingerprint density at radius 2 is 2.10 bits per heavy atom. The summed E-state index contributed by atoms with van der Waals surface area (Å²) in [4.78, 5) is 29.9. The summed E-state index contributed by atoms with van der Waals surface area (Å²) in [6.07, 6.45) is -2.83. The number of nitrogens with zero attached hydrogens (tertiary/aromatic N) is 4. The number of urea groups is 1. The van der Waals surface area contributed by atoms with Gasteiger partial charge in [-0.15, -0.1) is 0 Å². The number of amides is 2. The van der Waals surface area contributed by atoms with E-state index in [1.54, 1.807) is 6.92 Å². The molecule has 1 aliphatic heterocycles. The minimum atomic E-state index is -4.48. The minimum absolute atomic E-state index is 0.0238. The average molecular weight is 448 g/mol. The largest absolute Gasteiger partial charge is 0.391 e. The molecule has 3 heterocycles. The van der Waals surface area contributed by atoms with Crippen molar-refractivity contribution in [1.82, 2.24) is 19.7 Å². The van der Waals surface area contributed by atoms with Gasteiger partial charge in [0.15, 0.2) is 5.78 Å². The van der Waals surface area contributed by atoms with E-state index in [4.69, 9.17) is 11.6 Å². The third kappa shape index (κ3) is 4.40. The van der Waals surface area contributed by atoms with Crippen LogP contribution in [-0.2, 0) is 13.1 Å². The lowest BCUT2D eigenvalue weighted by Crippen LogP contribution is -2.47. The highest BCUT2D eigenvalue weighted by atomic mass is 35.5. The molecule has 30 heavy (non-hydrogen) atoms. The number of ketones is 1. The van der Waals surface area contributed by atoms with Crippen molar-refractivity contribution >= 4 is 29.1 Å². The smallest absolute Gasteiger partial charge is 0.314 e. The first kappa shape index (κ1) is 22.0. The highest BCUT2D eigenvalue weighted by molar-refractivity contribution is 6.33. The molecule has 0 saturated carbocycles. The molecule has 3 rings (SSSR count). The van der Waals surface area contributed by atoms with Gasteiger partial charge >= 0.3 is 12.2 Å². The summed E-state index contributed by atoms with van der Waals surface area (Å²) in [5, 5.41) is 6.22. The van der Waals surface area contributed by atoms with E-state index in [0.717, 1.165) is 13.1 Å². The Hall–Kier alpha value is -2.69. The highest BCUT2D eigenvalue weighted by Crippen LogP contribution is 2.31. The van der Waals surface area contributed by atoms with Crippen LogP contribution >= 0.6 is 11.6 Å². The summed E-state index contributed by atoms with van der Waals surface area (Å²) in [6, 6.07) is 0.375. The number of carbonyl (C=O) groups excluding carboxylic acids is 2. The summed E-state index contributed by atoms with van der Waals surface area (Å²) in [6.45, 7) is 2.86. The molecule has 7 nitrogen and oxygen atoms in total. The van der Waals surface area contributed by atoms with Gasteiger partial charge in [0.25, 0.3) is 0 Å². The van der Waals surface area contributed by atoms with Crippen LogP contribution in [0.25, 0.3) is 0 Å². The summed E-state index contributed by atoms with van der Waals surface area (Å²) in [5.74, 6) is -3.44. The van der Waals surface area contributed by atoms with Crippen LogP contribution in [-0.4, -0.2) is 43.7 Å². The molecule has 0 aliphatic carbocycles. The quantitative estimate of drug-likeness (QED) is 0.431. The number of alkyl halides is 3. The van der Waals surface area contributed by atoms with Gasteiger partial charge in [-0.05, 0) is 13.0 Å². The van der Waals surface area contributed by atoms with Crippen LogP contribution in [0.5, 0.6) is 0 Å². The van der Waals surface area contributed by atoms with Gasteiger partial charge in [-0.1, -0.05) is 18.5 Å². The third-order valence-corrected chi connectivity index (χ3v) is 5.30. The lowest BCUT2D eigenvalue weighted by atomic mass is 9.99. The maximum absolute atomic E-state index is 13.5. The number of carbonyl (C=O) groups is 2. The monoisotopic (exact) mass is 447 g/mol. The van der Waals surface area contributed by atoms with Crippen molar-refractivity contribution < 1.29 is 27.2 Å². The Morgan fingerprint density at radius 3 is 2.77 bits per heavy atom. The van der Waals surface area contributed by atoms with Gasteiger partial charge in [0.05, 0.1) is 48.2 Å². The van der Waals surface area contributed by atoms with Gasteiger partial charge in [-0.25, -0.2) is 9.78 Å². The van der Waals surface area contributed by atoms with E-state index in [0.29, 0.717) is 5.69 Å². The number of anilines is 1. The van der Waals surface area contributed by atoms with Crippen LogP contribution in [0.4, 0.5) is 28.0 Å². The van der Waals surface area contributed by atoms with E-state index in [1.165, 1.54) is 21.8 Å². The van der Waals surface area contributed by atoms with Crippen molar-refractivity contribution in [3.05, 3.63) is 40.7 Å². The second kappa shape index (κ2) is 8.21. The summed E-state index contributed by atoms with van der Waals surface area (Å²) < 4.78 is 53.4. The SMILES string of the molecule is C[C@H]1Cn2ncc(C(=O)C[C@H](C)C(F)(F)F)c2CN1C(=O)Nc1ccnc(F)c1Cl. The van der Waals surface area contributed by atoms with Gasteiger partial charge in [0.1, 0.15) is 5.02 Å². The fourth-order valence-corrected chi connectivity index (χ4v) is 3.27. The number of nitrogens with one attached hydrogen (secondary N) is 1. The summed E-state index contributed by atoms with van der Waals surface area (Å²) in [5.41, 5.74) is 0.411. The van der Waals surface area contributed by atoms with Gasteiger partial charge in [0, 0.05) is 12.6 Å². The number of fused-ring (bicyclic) bond motifs is 1. The number of halogens is 5. The fourth-order valence-electron chi connectivity index (χ4n) is 3.11. The zero-order valence-electron chi connectivity index (χ0n) is 16.0. The van der Waals surface area contributed by atoms with Crippen molar-refractivity contribution in [2.75, 3.05) is 5.32 Å². The van der Waals surface area contributed by atoms with Crippen LogP contribution in [0.1, 0.15) is 36.3 Å². The number of Topliss-reactive ketones (excluding diaryl/α,β-unsaturated/α-hetero) is 1. The molecule has 0 saturated heterocycles. The molecule has 1 N–H and O–H groups in total. The van der Waals surface area contributed by atoms with Gasteiger partial charge < -0.3 is 10.2 Å². The Kier molecular flexibility index (Phi) is 6.02. The Morgan fingerprint density at radius 1 is 1.40 bits per heavy atom. The van der Waals surface area contributed by atoms with Gasteiger partial charge in [0.2, 0.25) is 5.95 Å². The molecule has 1 aliphatic rings. The average Bonchev–Trinajstić information content (AvgIpc) is 3.06. The lowest BCUT2D eigenvalue weighted by molar-refractivity contribution is -0.168. The van der Waals surface area contributed by atoms with Gasteiger partial charge in [-0.3, -0.25) is 9.48 Å².